The maximum Gasteiger partial charge on any atom is 0.0410 e. The van der Waals surface area contributed by atoms with Crippen molar-refractivity contribution < 1.29 is 0 Å². The maximum absolute atomic E-state index is 5.24. The Morgan fingerprint density at radius 3 is 2.90 bits per heavy atom. The van der Waals surface area contributed by atoms with Crippen molar-refractivity contribution in [1.29, 1.82) is 0 Å². The third kappa shape index (κ3) is 4.68. The lowest BCUT2D eigenvalue weighted by atomic mass is 10.3. The molecule has 0 bridgehead atoms. The first kappa shape index (κ1) is 9.83. The Kier molecular flexibility index (Phi) is 6.83. The van der Waals surface area contributed by atoms with Gasteiger partial charge in [0.1, 0.15) is 0 Å². The molecule has 0 aromatic rings. The molecule has 3 heteroatoms. The van der Waals surface area contributed by atoms with Crippen molar-refractivity contribution in [3.8, 4) is 12.3 Å². The van der Waals surface area contributed by atoms with Crippen LogP contribution in [0.4, 0.5) is 0 Å². The van der Waals surface area contributed by atoms with Crippen LogP contribution in [0.2, 0.25) is 0 Å². The van der Waals surface area contributed by atoms with Crippen molar-refractivity contribution in [3.63, 3.8) is 0 Å². The van der Waals surface area contributed by atoms with Crippen LogP contribution in [0.5, 0.6) is 0 Å². The molecule has 0 saturated heterocycles. The van der Waals surface area contributed by atoms with E-state index < -0.39 is 0 Å². The van der Waals surface area contributed by atoms with Crippen LogP contribution >= 0.6 is 11.8 Å². The lowest BCUT2D eigenvalue weighted by molar-refractivity contribution is 0.592. The van der Waals surface area contributed by atoms with Gasteiger partial charge in [0.05, 0.1) is 0 Å². The Hall–Kier alpha value is -0.170. The van der Waals surface area contributed by atoms with Crippen LogP contribution in [-0.4, -0.2) is 17.5 Å². The molecular formula is C7H14N2S. The number of hydrogen-bond donors (Lipinski definition) is 2. The highest BCUT2D eigenvalue weighted by atomic mass is 32.2. The molecular weight excluding hydrogens is 144 g/mol. The van der Waals surface area contributed by atoms with Crippen LogP contribution in [0.15, 0.2) is 0 Å². The molecule has 0 fully saturated rings. The van der Waals surface area contributed by atoms with Crippen LogP contribution < -0.4 is 11.3 Å². The first-order valence-corrected chi connectivity index (χ1v) is 4.48. The summed E-state index contributed by atoms with van der Waals surface area (Å²) in [5.41, 5.74) is 2.67. The van der Waals surface area contributed by atoms with Gasteiger partial charge >= 0.3 is 0 Å². The van der Waals surface area contributed by atoms with Gasteiger partial charge in [-0.15, -0.1) is 12.3 Å². The molecule has 0 amide bonds. The number of hydrazine groups is 1. The van der Waals surface area contributed by atoms with Crippen molar-refractivity contribution in [2.45, 2.75) is 19.4 Å². The van der Waals surface area contributed by atoms with Gasteiger partial charge in [-0.05, 0) is 5.75 Å². The van der Waals surface area contributed by atoms with Gasteiger partial charge in [-0.1, -0.05) is 6.92 Å². The number of thioether (sulfide) groups is 1. The van der Waals surface area contributed by atoms with E-state index in [1.54, 1.807) is 0 Å². The average Bonchev–Trinajstić information content (AvgIpc) is 1.98. The van der Waals surface area contributed by atoms with E-state index in [-0.39, 0.29) is 6.04 Å². The number of rotatable bonds is 5. The molecule has 3 N–H and O–H groups in total. The lowest BCUT2D eigenvalue weighted by Crippen LogP contribution is -2.36. The highest BCUT2D eigenvalue weighted by Gasteiger charge is 2.02. The summed E-state index contributed by atoms with van der Waals surface area (Å²) in [4.78, 5) is 0. The molecule has 0 heterocycles. The van der Waals surface area contributed by atoms with Gasteiger partial charge in [-0.25, -0.2) is 0 Å². The average molecular weight is 158 g/mol. The van der Waals surface area contributed by atoms with Gasteiger partial charge in [0.15, 0.2) is 0 Å². The molecule has 0 aliphatic rings. The molecule has 0 aliphatic heterocycles. The number of nitrogens with one attached hydrogen (secondary N) is 1. The Morgan fingerprint density at radius 2 is 2.50 bits per heavy atom. The van der Waals surface area contributed by atoms with Crippen molar-refractivity contribution in [2.75, 3.05) is 11.5 Å². The zero-order valence-corrected chi connectivity index (χ0v) is 7.08. The third-order valence-corrected chi connectivity index (χ3v) is 2.17. The zero-order valence-electron chi connectivity index (χ0n) is 6.26. The van der Waals surface area contributed by atoms with Crippen molar-refractivity contribution in [3.05, 3.63) is 0 Å². The first-order valence-electron chi connectivity index (χ1n) is 3.32. The predicted octanol–water partition coefficient (Wildman–Crippen LogP) is 0.595. The van der Waals surface area contributed by atoms with Gasteiger partial charge in [0.25, 0.3) is 0 Å². The minimum Gasteiger partial charge on any atom is -0.271 e. The molecule has 1 unspecified atom stereocenters. The smallest absolute Gasteiger partial charge is 0.0410 e. The molecule has 1 atom stereocenters. The van der Waals surface area contributed by atoms with Gasteiger partial charge < -0.3 is 0 Å². The molecule has 0 radical (unpaired) electrons. The van der Waals surface area contributed by atoms with E-state index in [9.17, 15) is 0 Å². The molecule has 0 rings (SSSR count). The van der Waals surface area contributed by atoms with Crippen molar-refractivity contribution in [2.24, 2.45) is 5.84 Å². The number of hydrogen-bond acceptors (Lipinski definition) is 3. The van der Waals surface area contributed by atoms with Crippen LogP contribution in [0.3, 0.4) is 0 Å². The van der Waals surface area contributed by atoms with Gasteiger partial charge in [-0.3, -0.25) is 11.3 Å². The standard InChI is InChI=1S/C7H14N2S/c1-3-5-7(9-8)6-10-4-2/h1,7,9H,4-6,8H2,2H3. The normalized spacial score (nSPS) is 12.5. The Balaban J connectivity index is 3.32. The van der Waals surface area contributed by atoms with Crippen LogP contribution in [0.1, 0.15) is 13.3 Å². The molecule has 58 valence electrons. The third-order valence-electron chi connectivity index (χ3n) is 1.12. The van der Waals surface area contributed by atoms with E-state index in [2.05, 4.69) is 18.3 Å². The number of nitrogens with two attached hydrogens (primary N) is 1. The second kappa shape index (κ2) is 6.94. The fourth-order valence-electron chi connectivity index (χ4n) is 0.568. The SMILES string of the molecule is C#CCC(CSCC)NN. The molecule has 0 saturated carbocycles. The van der Waals surface area contributed by atoms with E-state index in [0.717, 1.165) is 11.5 Å². The summed E-state index contributed by atoms with van der Waals surface area (Å²) in [5, 5.41) is 0. The summed E-state index contributed by atoms with van der Waals surface area (Å²) < 4.78 is 0. The van der Waals surface area contributed by atoms with Crippen molar-refractivity contribution >= 4 is 11.8 Å². The van der Waals surface area contributed by atoms with Crippen molar-refractivity contribution in [1.82, 2.24) is 5.43 Å². The van der Waals surface area contributed by atoms with E-state index in [4.69, 9.17) is 12.3 Å². The molecule has 0 aromatic heterocycles. The molecule has 10 heavy (non-hydrogen) atoms. The largest absolute Gasteiger partial charge is 0.271 e. The van der Waals surface area contributed by atoms with Crippen LogP contribution in [-0.2, 0) is 0 Å². The fourth-order valence-corrected chi connectivity index (χ4v) is 1.30. The summed E-state index contributed by atoms with van der Waals surface area (Å²) in [5.74, 6) is 9.92. The Morgan fingerprint density at radius 1 is 1.80 bits per heavy atom. The molecule has 0 aliphatic carbocycles. The topological polar surface area (TPSA) is 38.0 Å². The summed E-state index contributed by atoms with van der Waals surface area (Å²) in [6, 6.07) is 0.273. The maximum atomic E-state index is 5.24. The monoisotopic (exact) mass is 158 g/mol. The predicted molar refractivity (Wildman–Crippen MR) is 47.6 cm³/mol. The molecule has 2 nitrogen and oxygen atoms in total. The zero-order chi connectivity index (χ0) is 7.82. The minimum absolute atomic E-state index is 0.273. The quantitative estimate of drug-likeness (QED) is 0.349. The van der Waals surface area contributed by atoms with E-state index in [1.807, 2.05) is 11.8 Å². The summed E-state index contributed by atoms with van der Waals surface area (Å²) in [7, 11) is 0. The minimum atomic E-state index is 0.273. The van der Waals surface area contributed by atoms with E-state index in [0.29, 0.717) is 6.42 Å². The van der Waals surface area contributed by atoms with E-state index in [1.165, 1.54) is 0 Å². The van der Waals surface area contributed by atoms with Gasteiger partial charge in [-0.2, -0.15) is 11.8 Å². The lowest BCUT2D eigenvalue weighted by Gasteiger charge is -2.10. The summed E-state index contributed by atoms with van der Waals surface area (Å²) in [6.07, 6.45) is 5.83. The highest BCUT2D eigenvalue weighted by Crippen LogP contribution is 2.02. The molecule has 0 aromatic carbocycles. The van der Waals surface area contributed by atoms with Crippen LogP contribution in [0, 0.1) is 12.3 Å². The van der Waals surface area contributed by atoms with E-state index >= 15 is 0 Å². The van der Waals surface area contributed by atoms with Gasteiger partial charge in [0.2, 0.25) is 0 Å². The second-order valence-corrected chi connectivity index (χ2v) is 3.25. The number of terminal acetylenes is 1. The molecule has 0 spiro atoms. The summed E-state index contributed by atoms with van der Waals surface area (Å²) >= 11 is 1.84. The summed E-state index contributed by atoms with van der Waals surface area (Å²) in [6.45, 7) is 2.12. The Bertz CT molecular complexity index is 109. The first-order chi connectivity index (χ1) is 4.85. The Labute approximate surface area is 66.9 Å². The highest BCUT2D eigenvalue weighted by molar-refractivity contribution is 7.99. The second-order valence-electron chi connectivity index (χ2n) is 1.93. The van der Waals surface area contributed by atoms with Crippen LogP contribution in [0.25, 0.3) is 0 Å². The fraction of sp³-hybridized carbons (Fsp3) is 0.714. The van der Waals surface area contributed by atoms with Gasteiger partial charge in [0, 0.05) is 18.2 Å².